The zero-order chi connectivity index (χ0) is 13.8. The second-order valence-electron chi connectivity index (χ2n) is 4.54. The molecule has 19 heavy (non-hydrogen) atoms. The van der Waals surface area contributed by atoms with Crippen LogP contribution in [0.2, 0.25) is 0 Å². The lowest BCUT2D eigenvalue weighted by molar-refractivity contribution is 0.428. The van der Waals surface area contributed by atoms with Gasteiger partial charge in [0.25, 0.3) is 0 Å². The molecule has 102 valence electrons. The fraction of sp³-hybridized carbons (Fsp3) is 0.333. The molecule has 0 saturated carbocycles. The molecule has 1 N–H and O–H groups in total. The van der Waals surface area contributed by atoms with Gasteiger partial charge in [-0.3, -0.25) is 0 Å². The van der Waals surface area contributed by atoms with E-state index < -0.39 is 11.6 Å². The molecule has 1 atom stereocenters. The number of halogens is 2. The van der Waals surface area contributed by atoms with Gasteiger partial charge in [0.2, 0.25) is 0 Å². The highest BCUT2D eigenvalue weighted by Gasteiger charge is 2.18. The lowest BCUT2D eigenvalue weighted by Gasteiger charge is -2.17. The Bertz CT molecular complexity index is 531. The first kappa shape index (κ1) is 13.7. The summed E-state index contributed by atoms with van der Waals surface area (Å²) in [7, 11) is 0. The third-order valence-corrected chi connectivity index (χ3v) is 2.86. The van der Waals surface area contributed by atoms with Gasteiger partial charge in [-0.15, -0.1) is 0 Å². The van der Waals surface area contributed by atoms with Crippen molar-refractivity contribution in [2.75, 3.05) is 6.54 Å². The first-order valence-corrected chi connectivity index (χ1v) is 6.36. The van der Waals surface area contributed by atoms with Crippen LogP contribution in [0.25, 0.3) is 0 Å². The summed E-state index contributed by atoms with van der Waals surface area (Å²) >= 11 is 0. The molecular weight excluding hydrogens is 248 g/mol. The summed E-state index contributed by atoms with van der Waals surface area (Å²) in [4.78, 5) is 0. The van der Waals surface area contributed by atoms with Crippen LogP contribution in [0.3, 0.4) is 0 Å². The highest BCUT2D eigenvalue weighted by molar-refractivity contribution is 5.28. The van der Waals surface area contributed by atoms with Gasteiger partial charge in [0, 0.05) is 6.07 Å². The van der Waals surface area contributed by atoms with E-state index in [-0.39, 0.29) is 6.04 Å². The molecule has 0 aliphatic carbocycles. The third-order valence-electron chi connectivity index (χ3n) is 2.86. The zero-order valence-corrected chi connectivity index (χ0v) is 11.0. The maximum absolute atomic E-state index is 13.3. The Balaban J connectivity index is 2.36. The molecule has 0 radical (unpaired) electrons. The number of hydrogen-bond acceptors (Lipinski definition) is 2. The number of aryl methyl sites for hydroxylation is 1. The van der Waals surface area contributed by atoms with Crippen LogP contribution in [0.15, 0.2) is 34.7 Å². The van der Waals surface area contributed by atoms with E-state index in [4.69, 9.17) is 4.42 Å². The van der Waals surface area contributed by atoms with Crippen molar-refractivity contribution in [1.29, 1.82) is 0 Å². The molecule has 2 rings (SSSR count). The zero-order valence-electron chi connectivity index (χ0n) is 11.0. The van der Waals surface area contributed by atoms with Crippen molar-refractivity contribution >= 4 is 0 Å². The molecule has 1 aromatic carbocycles. The van der Waals surface area contributed by atoms with Crippen LogP contribution in [0.1, 0.15) is 36.5 Å². The normalized spacial score (nSPS) is 12.6. The van der Waals surface area contributed by atoms with E-state index in [1.807, 2.05) is 26.0 Å². The molecular formula is C15H17F2NO. The number of rotatable bonds is 5. The molecule has 4 heteroatoms. The molecule has 0 fully saturated rings. The molecule has 0 saturated heterocycles. The molecule has 1 unspecified atom stereocenters. The Morgan fingerprint density at radius 3 is 2.37 bits per heavy atom. The largest absolute Gasteiger partial charge is 0.464 e. The van der Waals surface area contributed by atoms with Gasteiger partial charge in [0.1, 0.15) is 23.2 Å². The maximum atomic E-state index is 13.3. The van der Waals surface area contributed by atoms with Gasteiger partial charge in [-0.1, -0.05) is 6.92 Å². The lowest BCUT2D eigenvalue weighted by atomic mass is 10.0. The molecule has 0 aliphatic rings. The quantitative estimate of drug-likeness (QED) is 0.885. The summed E-state index contributed by atoms with van der Waals surface area (Å²) in [6, 6.07) is 6.85. The predicted molar refractivity (Wildman–Crippen MR) is 69.9 cm³/mol. The van der Waals surface area contributed by atoms with Crippen LogP contribution in [-0.4, -0.2) is 6.54 Å². The molecule has 0 amide bonds. The van der Waals surface area contributed by atoms with Gasteiger partial charge in [-0.05, 0) is 49.7 Å². The van der Waals surface area contributed by atoms with Gasteiger partial charge in [0.15, 0.2) is 0 Å². The van der Waals surface area contributed by atoms with Crippen molar-refractivity contribution in [3.05, 3.63) is 59.1 Å². The molecule has 0 spiro atoms. The van der Waals surface area contributed by atoms with Gasteiger partial charge in [-0.25, -0.2) is 8.78 Å². The summed E-state index contributed by atoms with van der Waals surface area (Å²) in [6.07, 6.45) is 0.925. The summed E-state index contributed by atoms with van der Waals surface area (Å²) in [5.74, 6) is 0.272. The molecule has 0 bridgehead atoms. The van der Waals surface area contributed by atoms with E-state index >= 15 is 0 Å². The van der Waals surface area contributed by atoms with Crippen molar-refractivity contribution in [3.63, 3.8) is 0 Å². The Morgan fingerprint density at radius 2 is 1.84 bits per heavy atom. The molecule has 0 aliphatic heterocycles. The minimum absolute atomic E-state index is 0.334. The topological polar surface area (TPSA) is 25.2 Å². The third kappa shape index (κ3) is 3.41. The second-order valence-corrected chi connectivity index (χ2v) is 4.54. The monoisotopic (exact) mass is 265 g/mol. The van der Waals surface area contributed by atoms with Gasteiger partial charge >= 0.3 is 0 Å². The number of benzene rings is 1. The Kier molecular flexibility index (Phi) is 4.32. The van der Waals surface area contributed by atoms with E-state index in [1.54, 1.807) is 0 Å². The van der Waals surface area contributed by atoms with Crippen LogP contribution in [0, 0.1) is 18.6 Å². The average molecular weight is 265 g/mol. The molecule has 2 nitrogen and oxygen atoms in total. The van der Waals surface area contributed by atoms with Crippen LogP contribution >= 0.6 is 0 Å². The summed E-state index contributed by atoms with van der Waals surface area (Å²) in [5.41, 5.74) is 0.528. The smallest absolute Gasteiger partial charge is 0.126 e. The van der Waals surface area contributed by atoms with Gasteiger partial charge in [0.05, 0.1) is 6.04 Å². The van der Waals surface area contributed by atoms with Crippen LogP contribution in [-0.2, 0) is 0 Å². The second kappa shape index (κ2) is 5.97. The Labute approximate surface area is 111 Å². The first-order valence-electron chi connectivity index (χ1n) is 6.36. The van der Waals surface area contributed by atoms with Crippen molar-refractivity contribution in [1.82, 2.24) is 5.32 Å². The molecule has 2 aromatic rings. The highest BCUT2D eigenvalue weighted by Crippen LogP contribution is 2.25. The van der Waals surface area contributed by atoms with Gasteiger partial charge in [-0.2, -0.15) is 0 Å². The minimum atomic E-state index is -0.582. The number of nitrogens with one attached hydrogen (secondary N) is 1. The Morgan fingerprint density at radius 1 is 1.16 bits per heavy atom. The summed E-state index contributed by atoms with van der Waals surface area (Å²) < 4.78 is 32.2. The lowest BCUT2D eigenvalue weighted by Crippen LogP contribution is -2.23. The van der Waals surface area contributed by atoms with Crippen molar-refractivity contribution in [3.8, 4) is 0 Å². The fourth-order valence-electron chi connectivity index (χ4n) is 2.02. The van der Waals surface area contributed by atoms with E-state index in [0.717, 1.165) is 24.8 Å². The minimum Gasteiger partial charge on any atom is -0.464 e. The van der Waals surface area contributed by atoms with E-state index in [1.165, 1.54) is 12.1 Å². The number of furan rings is 1. The summed E-state index contributed by atoms with van der Waals surface area (Å²) in [5, 5.41) is 3.24. The Hall–Kier alpha value is -1.68. The average Bonchev–Trinajstić information content (AvgIpc) is 2.75. The molecule has 1 heterocycles. The van der Waals surface area contributed by atoms with Crippen molar-refractivity contribution in [2.24, 2.45) is 0 Å². The van der Waals surface area contributed by atoms with Crippen LogP contribution < -0.4 is 5.32 Å². The van der Waals surface area contributed by atoms with Crippen LogP contribution in [0.5, 0.6) is 0 Å². The van der Waals surface area contributed by atoms with Crippen LogP contribution in [0.4, 0.5) is 8.78 Å². The highest BCUT2D eigenvalue weighted by atomic mass is 19.1. The molecule has 1 aromatic heterocycles. The number of hydrogen-bond donors (Lipinski definition) is 1. The van der Waals surface area contributed by atoms with Crippen molar-refractivity contribution in [2.45, 2.75) is 26.3 Å². The standard InChI is InChI=1S/C15H17F2NO/c1-3-6-18-15(14-5-4-10(2)19-14)11-7-12(16)9-13(17)8-11/h4-5,7-9,15,18H,3,6H2,1-2H3. The van der Waals surface area contributed by atoms with Crippen molar-refractivity contribution < 1.29 is 13.2 Å². The first-order chi connectivity index (χ1) is 9.10. The SMILES string of the molecule is CCCNC(c1cc(F)cc(F)c1)c1ccc(C)o1. The predicted octanol–water partition coefficient (Wildman–Crippen LogP) is 3.96. The fourth-order valence-corrected chi connectivity index (χ4v) is 2.02. The maximum Gasteiger partial charge on any atom is 0.126 e. The van der Waals surface area contributed by atoms with Gasteiger partial charge < -0.3 is 9.73 Å². The van der Waals surface area contributed by atoms with E-state index in [0.29, 0.717) is 11.3 Å². The summed E-state index contributed by atoms with van der Waals surface area (Å²) in [6.45, 7) is 4.61. The van der Waals surface area contributed by atoms with E-state index in [2.05, 4.69) is 5.32 Å². The van der Waals surface area contributed by atoms with E-state index in [9.17, 15) is 8.78 Å².